The lowest BCUT2D eigenvalue weighted by atomic mass is 9.92. The second-order valence-electron chi connectivity index (χ2n) is 10.1. The highest BCUT2D eigenvalue weighted by atomic mass is 16.5. The average Bonchev–Trinajstić information content (AvgIpc) is 3.39. The van der Waals surface area contributed by atoms with Gasteiger partial charge in [-0.1, -0.05) is 25.1 Å². The number of aromatic amines is 1. The van der Waals surface area contributed by atoms with Gasteiger partial charge in [0.15, 0.2) is 0 Å². The fourth-order valence-corrected chi connectivity index (χ4v) is 4.70. The minimum Gasteiger partial charge on any atom is -0.459 e. The Morgan fingerprint density at radius 3 is 2.67 bits per heavy atom. The summed E-state index contributed by atoms with van der Waals surface area (Å²) in [6.45, 7) is 7.28. The number of urea groups is 1. The lowest BCUT2D eigenvalue weighted by Gasteiger charge is -2.35. The molecule has 1 atom stereocenters. The van der Waals surface area contributed by atoms with Crippen molar-refractivity contribution in [2.24, 2.45) is 0 Å². The highest BCUT2D eigenvalue weighted by molar-refractivity contribution is 6.18. The molecule has 1 unspecified atom stereocenters. The first-order valence-corrected chi connectivity index (χ1v) is 11.9. The second-order valence-corrected chi connectivity index (χ2v) is 10.1. The number of fused-ring (bicyclic) bond motifs is 1. The molecular formula is C26H36N4O3. The number of nitrogens with one attached hydrogen (secondary N) is 2. The number of piperidine rings is 1. The first-order chi connectivity index (χ1) is 15.7. The summed E-state index contributed by atoms with van der Waals surface area (Å²) in [5.41, 5.74) is 3.23. The Morgan fingerprint density at radius 1 is 1.27 bits per heavy atom. The van der Waals surface area contributed by atoms with Gasteiger partial charge in [0.05, 0.1) is 17.4 Å². The molecule has 1 saturated heterocycles. The van der Waals surface area contributed by atoms with Gasteiger partial charge in [-0.05, 0) is 70.7 Å². The van der Waals surface area contributed by atoms with Gasteiger partial charge in [0.1, 0.15) is 0 Å². The van der Waals surface area contributed by atoms with Crippen LogP contribution in [0.15, 0.2) is 30.5 Å². The van der Waals surface area contributed by atoms with Crippen LogP contribution in [0.4, 0.5) is 4.79 Å². The maximum atomic E-state index is 13.2. The Labute approximate surface area is 196 Å². The predicted octanol–water partition coefficient (Wildman–Crippen LogP) is 4.25. The van der Waals surface area contributed by atoms with Crippen molar-refractivity contribution in [3.05, 3.63) is 41.7 Å². The number of hydrogen-bond donors (Lipinski definition) is 2. The van der Waals surface area contributed by atoms with E-state index in [-0.39, 0.29) is 17.6 Å². The van der Waals surface area contributed by atoms with Crippen LogP contribution in [0.1, 0.15) is 57.7 Å². The van der Waals surface area contributed by atoms with Crippen LogP contribution in [0.3, 0.4) is 0 Å². The first-order valence-electron chi connectivity index (χ1n) is 11.9. The molecule has 1 saturated carbocycles. The number of nitrogens with zero attached hydrogens (tertiary/aromatic N) is 2. The number of esters is 1. The third-order valence-electron chi connectivity index (χ3n) is 6.90. The summed E-state index contributed by atoms with van der Waals surface area (Å²) in [6.07, 6.45) is 5.46. The Balaban J connectivity index is 1.68. The molecule has 2 N–H and O–H groups in total. The van der Waals surface area contributed by atoms with Crippen LogP contribution in [0.25, 0.3) is 16.5 Å². The Morgan fingerprint density at radius 2 is 2.00 bits per heavy atom. The molecule has 0 spiro atoms. The standard InChI is InChI=1S/C26H36N4O3/c1-17(2)33-24(31)20(15-27-25(32)30-14-8-9-18(16-30)29(4)5)23-22(26(3)12-13-26)19-10-6-7-11-21(19)28-23/h6-7,10-11,15,17-18,28H,8-9,12-14,16H2,1-5H3,(H,27,32)/b20-15+. The van der Waals surface area contributed by atoms with Crippen molar-refractivity contribution >= 4 is 28.5 Å². The van der Waals surface area contributed by atoms with Gasteiger partial charge in [-0.2, -0.15) is 0 Å². The van der Waals surface area contributed by atoms with Gasteiger partial charge in [-0.25, -0.2) is 9.59 Å². The molecule has 2 amide bonds. The topological polar surface area (TPSA) is 77.7 Å². The fraction of sp³-hybridized carbons (Fsp3) is 0.538. The third-order valence-corrected chi connectivity index (χ3v) is 6.90. The highest BCUT2D eigenvalue weighted by Crippen LogP contribution is 2.52. The molecule has 1 aromatic carbocycles. The van der Waals surface area contributed by atoms with Crippen LogP contribution in [0.5, 0.6) is 0 Å². The molecule has 2 aliphatic rings. The van der Waals surface area contributed by atoms with Crippen LogP contribution in [0, 0.1) is 0 Å². The van der Waals surface area contributed by atoms with Crippen molar-refractivity contribution in [3.8, 4) is 0 Å². The van der Waals surface area contributed by atoms with Gasteiger partial charge in [-0.15, -0.1) is 0 Å². The molecule has 0 radical (unpaired) electrons. The smallest absolute Gasteiger partial charge is 0.342 e. The largest absolute Gasteiger partial charge is 0.459 e. The summed E-state index contributed by atoms with van der Waals surface area (Å²) in [4.78, 5) is 33.6. The Bertz CT molecular complexity index is 1060. The lowest BCUT2D eigenvalue weighted by Crippen LogP contribution is -2.49. The molecule has 2 fully saturated rings. The van der Waals surface area contributed by atoms with Crippen LogP contribution in [-0.4, -0.2) is 66.1 Å². The molecule has 2 aromatic rings. The number of likely N-dealkylation sites (N-methyl/N-ethyl adjacent to an activating group) is 1. The molecule has 1 aromatic heterocycles. The van der Waals surface area contributed by atoms with E-state index in [2.05, 4.69) is 28.2 Å². The monoisotopic (exact) mass is 452 g/mol. The molecule has 7 nitrogen and oxygen atoms in total. The van der Waals surface area contributed by atoms with Crippen LogP contribution < -0.4 is 5.32 Å². The second kappa shape index (κ2) is 9.21. The minimum atomic E-state index is -0.438. The molecule has 7 heteroatoms. The molecule has 33 heavy (non-hydrogen) atoms. The van der Waals surface area contributed by atoms with Crippen molar-refractivity contribution in [2.75, 3.05) is 27.2 Å². The number of H-pyrrole nitrogens is 1. The van der Waals surface area contributed by atoms with Crippen LogP contribution in [-0.2, 0) is 14.9 Å². The molecule has 4 rings (SSSR count). The molecule has 1 aliphatic heterocycles. The Hall–Kier alpha value is -2.80. The first kappa shape index (κ1) is 23.4. The van der Waals surface area contributed by atoms with E-state index in [1.165, 1.54) is 6.20 Å². The maximum absolute atomic E-state index is 13.2. The zero-order valence-electron chi connectivity index (χ0n) is 20.4. The van der Waals surface area contributed by atoms with Crippen molar-refractivity contribution in [3.63, 3.8) is 0 Å². The molecule has 1 aliphatic carbocycles. The number of carbonyl (C=O) groups excluding carboxylic acids is 2. The van der Waals surface area contributed by atoms with Gasteiger partial charge in [0.25, 0.3) is 0 Å². The summed E-state index contributed by atoms with van der Waals surface area (Å²) in [5, 5.41) is 4.01. The predicted molar refractivity (Wildman–Crippen MR) is 131 cm³/mol. The number of carbonyl (C=O) groups is 2. The van der Waals surface area contributed by atoms with Gasteiger partial charge in [0.2, 0.25) is 0 Å². The average molecular weight is 453 g/mol. The SMILES string of the molecule is CC(C)OC(=O)/C(=C/NC(=O)N1CCCC(N(C)C)C1)c1[nH]c2ccccc2c1C1(C)CC1. The third kappa shape index (κ3) is 4.93. The summed E-state index contributed by atoms with van der Waals surface area (Å²) in [6, 6.07) is 8.27. The van der Waals surface area contributed by atoms with Crippen molar-refractivity contribution in [1.82, 2.24) is 20.1 Å². The quantitative estimate of drug-likeness (QED) is 0.507. The summed E-state index contributed by atoms with van der Waals surface area (Å²) in [7, 11) is 4.09. The number of rotatable bonds is 6. The van der Waals surface area contributed by atoms with Crippen molar-refractivity contribution < 1.29 is 14.3 Å². The molecule has 2 heterocycles. The van der Waals surface area contributed by atoms with E-state index in [1.807, 2.05) is 51.0 Å². The van der Waals surface area contributed by atoms with Gasteiger partial charge in [0, 0.05) is 36.2 Å². The zero-order chi connectivity index (χ0) is 23.8. The van der Waals surface area contributed by atoms with Gasteiger partial charge >= 0.3 is 12.0 Å². The summed E-state index contributed by atoms with van der Waals surface area (Å²) in [5.74, 6) is -0.438. The number of hydrogen-bond acceptors (Lipinski definition) is 4. The van der Waals surface area contributed by atoms with E-state index in [0.29, 0.717) is 24.7 Å². The summed E-state index contributed by atoms with van der Waals surface area (Å²) >= 11 is 0. The van der Waals surface area contributed by atoms with E-state index >= 15 is 0 Å². The lowest BCUT2D eigenvalue weighted by molar-refractivity contribution is -0.140. The van der Waals surface area contributed by atoms with Crippen LogP contribution in [0.2, 0.25) is 0 Å². The normalized spacial score (nSPS) is 20.4. The van der Waals surface area contributed by atoms with Crippen LogP contribution >= 0.6 is 0 Å². The maximum Gasteiger partial charge on any atom is 0.342 e. The fourth-order valence-electron chi connectivity index (χ4n) is 4.70. The molecule has 0 bridgehead atoms. The van der Waals surface area contributed by atoms with Crippen molar-refractivity contribution in [2.45, 2.75) is 64.0 Å². The zero-order valence-corrected chi connectivity index (χ0v) is 20.4. The number of para-hydroxylation sites is 1. The number of benzene rings is 1. The van der Waals surface area contributed by atoms with Crippen molar-refractivity contribution in [1.29, 1.82) is 0 Å². The van der Waals surface area contributed by atoms with Gasteiger partial charge < -0.3 is 24.8 Å². The number of ether oxygens (including phenoxy) is 1. The van der Waals surface area contributed by atoms with Gasteiger partial charge in [-0.3, -0.25) is 0 Å². The number of likely N-dealkylation sites (tertiary alicyclic amines) is 1. The Kier molecular flexibility index (Phi) is 6.52. The van der Waals surface area contributed by atoms with E-state index in [9.17, 15) is 9.59 Å². The van der Waals surface area contributed by atoms with E-state index in [0.717, 1.165) is 47.8 Å². The van der Waals surface area contributed by atoms with E-state index < -0.39 is 5.97 Å². The summed E-state index contributed by atoms with van der Waals surface area (Å²) < 4.78 is 5.58. The van der Waals surface area contributed by atoms with E-state index in [4.69, 9.17) is 4.74 Å². The highest BCUT2D eigenvalue weighted by Gasteiger charge is 2.44. The molecule has 178 valence electrons. The molecular weight excluding hydrogens is 416 g/mol. The number of aromatic nitrogens is 1. The number of amides is 2. The minimum absolute atomic E-state index is 0.0158. The van der Waals surface area contributed by atoms with E-state index in [1.54, 1.807) is 0 Å².